The maximum Gasteiger partial charge on any atom is 0.0701 e. The third-order valence-corrected chi connectivity index (χ3v) is 5.20. The molecule has 2 rings (SSSR count). The van der Waals surface area contributed by atoms with Crippen LogP contribution < -0.4 is 5.32 Å². The zero-order valence-electron chi connectivity index (χ0n) is 10.5. The van der Waals surface area contributed by atoms with Crippen LogP contribution in [0.25, 0.3) is 0 Å². The summed E-state index contributed by atoms with van der Waals surface area (Å²) in [6.07, 6.45) is 8.30. The molecule has 1 N–H and O–H groups in total. The van der Waals surface area contributed by atoms with Gasteiger partial charge in [-0.3, -0.25) is 0 Å². The summed E-state index contributed by atoms with van der Waals surface area (Å²) in [5.41, 5.74) is 1.47. The SMILES string of the molecule is CCCNC(CC1CCCC1)c1csc(Br)c1. The first-order valence-corrected chi connectivity index (χ1v) is 8.44. The highest BCUT2D eigenvalue weighted by Gasteiger charge is 2.21. The molecule has 0 bridgehead atoms. The van der Waals surface area contributed by atoms with Crippen LogP contribution in [0.4, 0.5) is 0 Å². The van der Waals surface area contributed by atoms with Crippen LogP contribution in [-0.4, -0.2) is 6.54 Å². The number of hydrogen-bond acceptors (Lipinski definition) is 2. The maximum atomic E-state index is 3.71. The molecule has 0 aromatic carbocycles. The monoisotopic (exact) mass is 315 g/mol. The summed E-state index contributed by atoms with van der Waals surface area (Å²) < 4.78 is 1.25. The number of halogens is 1. The predicted octanol–water partition coefficient (Wildman–Crippen LogP) is 5.13. The molecule has 0 radical (unpaired) electrons. The Balaban J connectivity index is 1.96. The molecule has 1 aromatic heterocycles. The van der Waals surface area contributed by atoms with E-state index in [0.29, 0.717) is 6.04 Å². The summed E-state index contributed by atoms with van der Waals surface area (Å²) in [7, 11) is 0. The van der Waals surface area contributed by atoms with Crippen molar-refractivity contribution >= 4 is 27.3 Å². The maximum absolute atomic E-state index is 3.71. The van der Waals surface area contributed by atoms with Gasteiger partial charge in [0.05, 0.1) is 3.79 Å². The molecule has 1 fully saturated rings. The Bertz CT molecular complexity index is 331. The first-order chi connectivity index (χ1) is 8.29. The molecule has 0 spiro atoms. The highest BCUT2D eigenvalue weighted by molar-refractivity contribution is 9.11. The standard InChI is InChI=1S/C14H22BrNS/c1-2-7-16-13(8-11-5-3-4-6-11)12-9-14(15)17-10-12/h9-11,13,16H,2-8H2,1H3. The zero-order valence-corrected chi connectivity index (χ0v) is 12.9. The van der Waals surface area contributed by atoms with Crippen molar-refractivity contribution in [3.8, 4) is 0 Å². The van der Waals surface area contributed by atoms with Crippen molar-refractivity contribution in [1.82, 2.24) is 5.32 Å². The first-order valence-electron chi connectivity index (χ1n) is 6.77. The highest BCUT2D eigenvalue weighted by atomic mass is 79.9. The van der Waals surface area contributed by atoms with Crippen molar-refractivity contribution in [1.29, 1.82) is 0 Å². The second kappa shape index (κ2) is 6.91. The van der Waals surface area contributed by atoms with Crippen LogP contribution >= 0.6 is 27.3 Å². The molecule has 17 heavy (non-hydrogen) atoms. The highest BCUT2D eigenvalue weighted by Crippen LogP contribution is 2.35. The van der Waals surface area contributed by atoms with Crippen LogP contribution in [-0.2, 0) is 0 Å². The first kappa shape index (κ1) is 13.6. The molecule has 1 heterocycles. The summed E-state index contributed by atoms with van der Waals surface area (Å²) in [5, 5.41) is 6.01. The van der Waals surface area contributed by atoms with Gasteiger partial charge in [-0.1, -0.05) is 32.6 Å². The average Bonchev–Trinajstić information content (AvgIpc) is 2.95. The third kappa shape index (κ3) is 4.08. The molecule has 0 amide bonds. The molecule has 0 saturated heterocycles. The van der Waals surface area contributed by atoms with Crippen LogP contribution in [0, 0.1) is 5.92 Å². The van der Waals surface area contributed by atoms with E-state index in [4.69, 9.17) is 0 Å². The summed E-state index contributed by atoms with van der Waals surface area (Å²) in [6, 6.07) is 2.85. The molecule has 1 aromatic rings. The lowest BCUT2D eigenvalue weighted by Gasteiger charge is -2.21. The van der Waals surface area contributed by atoms with Gasteiger partial charge >= 0.3 is 0 Å². The summed E-state index contributed by atoms with van der Waals surface area (Å²) in [6.45, 7) is 3.37. The summed E-state index contributed by atoms with van der Waals surface area (Å²) in [5.74, 6) is 0.947. The quantitative estimate of drug-likeness (QED) is 0.767. The number of thiophene rings is 1. The molecule has 1 atom stereocenters. The van der Waals surface area contributed by atoms with E-state index < -0.39 is 0 Å². The van der Waals surface area contributed by atoms with Gasteiger partial charge in [0.2, 0.25) is 0 Å². The van der Waals surface area contributed by atoms with E-state index in [9.17, 15) is 0 Å². The van der Waals surface area contributed by atoms with Crippen molar-refractivity contribution in [2.45, 2.75) is 51.5 Å². The molecule has 1 saturated carbocycles. The Morgan fingerprint density at radius 3 is 2.82 bits per heavy atom. The smallest absolute Gasteiger partial charge is 0.0701 e. The lowest BCUT2D eigenvalue weighted by molar-refractivity contribution is 0.396. The van der Waals surface area contributed by atoms with Gasteiger partial charge in [-0.15, -0.1) is 11.3 Å². The van der Waals surface area contributed by atoms with E-state index in [-0.39, 0.29) is 0 Å². The predicted molar refractivity (Wildman–Crippen MR) is 79.6 cm³/mol. The van der Waals surface area contributed by atoms with Gasteiger partial charge in [0.15, 0.2) is 0 Å². The van der Waals surface area contributed by atoms with Crippen molar-refractivity contribution in [2.24, 2.45) is 5.92 Å². The van der Waals surface area contributed by atoms with Crippen LogP contribution in [0.2, 0.25) is 0 Å². The topological polar surface area (TPSA) is 12.0 Å². The zero-order chi connectivity index (χ0) is 12.1. The Labute approximate surface area is 117 Å². The van der Waals surface area contributed by atoms with Gasteiger partial charge in [0, 0.05) is 6.04 Å². The van der Waals surface area contributed by atoms with E-state index in [2.05, 4.69) is 39.6 Å². The largest absolute Gasteiger partial charge is 0.310 e. The van der Waals surface area contributed by atoms with Gasteiger partial charge in [-0.25, -0.2) is 0 Å². The molecule has 3 heteroatoms. The minimum atomic E-state index is 0.570. The number of hydrogen-bond donors (Lipinski definition) is 1. The van der Waals surface area contributed by atoms with E-state index in [1.165, 1.54) is 47.9 Å². The molecule has 1 aliphatic rings. The van der Waals surface area contributed by atoms with Crippen LogP contribution in [0.5, 0.6) is 0 Å². The Morgan fingerprint density at radius 1 is 1.47 bits per heavy atom. The average molecular weight is 316 g/mol. The molecule has 96 valence electrons. The number of rotatable bonds is 6. The summed E-state index contributed by atoms with van der Waals surface area (Å²) in [4.78, 5) is 0. The second-order valence-corrected chi connectivity index (χ2v) is 7.37. The minimum Gasteiger partial charge on any atom is -0.310 e. The fourth-order valence-electron chi connectivity index (χ4n) is 2.74. The molecule has 1 unspecified atom stereocenters. The van der Waals surface area contributed by atoms with E-state index >= 15 is 0 Å². The second-order valence-electron chi connectivity index (χ2n) is 5.08. The van der Waals surface area contributed by atoms with Crippen molar-refractivity contribution in [2.75, 3.05) is 6.54 Å². The fourth-order valence-corrected chi connectivity index (χ4v) is 3.97. The van der Waals surface area contributed by atoms with Crippen LogP contribution in [0.3, 0.4) is 0 Å². The molecule has 1 nitrogen and oxygen atoms in total. The molecular formula is C14H22BrNS. The van der Waals surface area contributed by atoms with Crippen molar-refractivity contribution in [3.05, 3.63) is 20.8 Å². The van der Waals surface area contributed by atoms with Gasteiger partial charge < -0.3 is 5.32 Å². The Kier molecular flexibility index (Phi) is 5.51. The number of nitrogens with one attached hydrogen (secondary N) is 1. The van der Waals surface area contributed by atoms with Crippen LogP contribution in [0.15, 0.2) is 15.2 Å². The van der Waals surface area contributed by atoms with Gasteiger partial charge in [-0.2, -0.15) is 0 Å². The van der Waals surface area contributed by atoms with Crippen LogP contribution in [0.1, 0.15) is 57.1 Å². The Morgan fingerprint density at radius 2 is 2.24 bits per heavy atom. The van der Waals surface area contributed by atoms with Crippen molar-refractivity contribution < 1.29 is 0 Å². The van der Waals surface area contributed by atoms with Gasteiger partial charge in [-0.05, 0) is 58.2 Å². The lowest BCUT2D eigenvalue weighted by Crippen LogP contribution is -2.23. The molecular weight excluding hydrogens is 294 g/mol. The molecule has 0 aliphatic heterocycles. The molecule has 1 aliphatic carbocycles. The Hall–Kier alpha value is 0.140. The van der Waals surface area contributed by atoms with E-state index in [1.54, 1.807) is 11.3 Å². The summed E-state index contributed by atoms with van der Waals surface area (Å²) >= 11 is 5.37. The van der Waals surface area contributed by atoms with Gasteiger partial charge in [0.25, 0.3) is 0 Å². The van der Waals surface area contributed by atoms with E-state index in [0.717, 1.165) is 12.5 Å². The normalized spacial score (nSPS) is 18.7. The van der Waals surface area contributed by atoms with Gasteiger partial charge in [0.1, 0.15) is 0 Å². The van der Waals surface area contributed by atoms with Crippen molar-refractivity contribution in [3.63, 3.8) is 0 Å². The van der Waals surface area contributed by atoms with E-state index in [1.807, 2.05) is 0 Å². The lowest BCUT2D eigenvalue weighted by atomic mass is 9.95. The third-order valence-electron chi connectivity index (χ3n) is 3.67. The minimum absolute atomic E-state index is 0.570. The fraction of sp³-hybridized carbons (Fsp3) is 0.714.